The van der Waals surface area contributed by atoms with Crippen LogP contribution in [0.15, 0.2) is 52.4 Å². The van der Waals surface area contributed by atoms with Gasteiger partial charge >= 0.3 is 0 Å². The summed E-state index contributed by atoms with van der Waals surface area (Å²) in [7, 11) is -1.91. The molecule has 3 rings (SSSR count). The first-order valence-corrected chi connectivity index (χ1v) is 10.8. The van der Waals surface area contributed by atoms with Crippen molar-refractivity contribution in [3.05, 3.63) is 59.2 Å². The van der Waals surface area contributed by atoms with Crippen molar-refractivity contribution in [2.45, 2.75) is 24.2 Å². The second-order valence-electron chi connectivity index (χ2n) is 6.66. The largest absolute Gasteiger partial charge is 0.493 e. The molecule has 0 fully saturated rings. The molecule has 0 unspecified atom stereocenters. The van der Waals surface area contributed by atoms with Crippen molar-refractivity contribution < 1.29 is 13.2 Å². The van der Waals surface area contributed by atoms with Crippen molar-refractivity contribution in [3.8, 4) is 5.75 Å². The topological polar surface area (TPSA) is 106 Å². The number of nitrogens with zero attached hydrogens (tertiary/aromatic N) is 1. The second kappa shape index (κ2) is 9.07. The van der Waals surface area contributed by atoms with Crippen LogP contribution < -0.4 is 20.5 Å². The van der Waals surface area contributed by atoms with E-state index in [0.29, 0.717) is 6.54 Å². The highest BCUT2D eigenvalue weighted by Crippen LogP contribution is 2.25. The molecule has 0 spiro atoms. The average Bonchev–Trinajstić information content (AvgIpc) is 3.14. The van der Waals surface area contributed by atoms with Crippen LogP contribution >= 0.6 is 0 Å². The summed E-state index contributed by atoms with van der Waals surface area (Å²) in [5.74, 6) is 1.75. The molecule has 0 amide bonds. The van der Waals surface area contributed by atoms with Gasteiger partial charge in [-0.2, -0.15) is 0 Å². The molecular weight excluding hydrogens is 376 g/mol. The molecule has 4 N–H and O–H groups in total. The molecule has 1 aliphatic rings. The van der Waals surface area contributed by atoms with Gasteiger partial charge in [-0.1, -0.05) is 24.3 Å². The number of benzene rings is 2. The molecule has 28 heavy (non-hydrogen) atoms. The van der Waals surface area contributed by atoms with Crippen LogP contribution in [0.5, 0.6) is 5.75 Å². The number of primary sulfonamides is 1. The van der Waals surface area contributed by atoms with E-state index in [4.69, 9.17) is 9.88 Å². The van der Waals surface area contributed by atoms with Gasteiger partial charge in [0.25, 0.3) is 0 Å². The Balaban J connectivity index is 1.41. The Morgan fingerprint density at radius 1 is 1.07 bits per heavy atom. The molecular formula is C20H26N4O3S. The molecule has 0 bridgehead atoms. The van der Waals surface area contributed by atoms with E-state index >= 15 is 0 Å². The number of nitrogens with one attached hydrogen (secondary N) is 2. The van der Waals surface area contributed by atoms with Crippen molar-refractivity contribution in [1.82, 2.24) is 10.6 Å². The number of hydrogen-bond acceptors (Lipinski definition) is 4. The molecule has 7 nitrogen and oxygen atoms in total. The molecule has 1 heterocycles. The molecule has 0 saturated heterocycles. The molecule has 0 radical (unpaired) electrons. The second-order valence-corrected chi connectivity index (χ2v) is 8.22. The summed E-state index contributed by atoms with van der Waals surface area (Å²) in [6.07, 6.45) is 2.64. The Morgan fingerprint density at radius 2 is 1.71 bits per heavy atom. The maximum atomic E-state index is 11.3. The van der Waals surface area contributed by atoms with E-state index in [1.165, 1.54) is 23.3 Å². The third-order valence-electron chi connectivity index (χ3n) is 4.64. The van der Waals surface area contributed by atoms with Gasteiger partial charge in [-0.3, -0.25) is 4.99 Å². The molecule has 0 aliphatic carbocycles. The van der Waals surface area contributed by atoms with Gasteiger partial charge < -0.3 is 15.4 Å². The van der Waals surface area contributed by atoms with Crippen LogP contribution in [0.25, 0.3) is 0 Å². The van der Waals surface area contributed by atoms with E-state index in [-0.39, 0.29) is 4.90 Å². The maximum Gasteiger partial charge on any atom is 0.238 e. The predicted molar refractivity (Wildman–Crippen MR) is 110 cm³/mol. The number of aliphatic imine (C=N–C) groups is 1. The molecule has 2 aromatic rings. The number of sulfonamides is 1. The van der Waals surface area contributed by atoms with Gasteiger partial charge in [-0.25, -0.2) is 13.6 Å². The summed E-state index contributed by atoms with van der Waals surface area (Å²) >= 11 is 0. The number of rotatable bonds is 7. The van der Waals surface area contributed by atoms with Crippen LogP contribution in [0.1, 0.15) is 16.7 Å². The van der Waals surface area contributed by atoms with Gasteiger partial charge in [0.2, 0.25) is 10.0 Å². The lowest BCUT2D eigenvalue weighted by Gasteiger charge is -2.12. The minimum Gasteiger partial charge on any atom is -0.493 e. The summed E-state index contributed by atoms with van der Waals surface area (Å²) in [6, 6.07) is 13.0. The fourth-order valence-corrected chi connectivity index (χ4v) is 3.63. The lowest BCUT2D eigenvalue weighted by molar-refractivity contribution is 0.357. The Morgan fingerprint density at radius 3 is 2.36 bits per heavy atom. The fraction of sp³-hybridized carbons (Fsp3) is 0.350. The summed E-state index contributed by atoms with van der Waals surface area (Å²) in [5.41, 5.74) is 3.59. The van der Waals surface area contributed by atoms with E-state index in [9.17, 15) is 8.42 Å². The Bertz CT molecular complexity index is 940. The number of guanidine groups is 1. The molecule has 8 heteroatoms. The van der Waals surface area contributed by atoms with Crippen LogP contribution in [0.3, 0.4) is 0 Å². The quantitative estimate of drug-likeness (QED) is 0.477. The van der Waals surface area contributed by atoms with Gasteiger partial charge in [0.1, 0.15) is 5.75 Å². The van der Waals surface area contributed by atoms with Crippen molar-refractivity contribution in [3.63, 3.8) is 0 Å². The van der Waals surface area contributed by atoms with Gasteiger partial charge in [0, 0.05) is 26.6 Å². The summed E-state index contributed by atoms with van der Waals surface area (Å²) in [5, 5.41) is 11.7. The first-order valence-electron chi connectivity index (χ1n) is 9.26. The number of hydrogen-bond donors (Lipinski definition) is 3. The van der Waals surface area contributed by atoms with Gasteiger partial charge in [-0.05, 0) is 47.7 Å². The predicted octanol–water partition coefficient (Wildman–Crippen LogP) is 1.22. The Labute approximate surface area is 166 Å². The van der Waals surface area contributed by atoms with Crippen molar-refractivity contribution in [2.75, 3.05) is 26.7 Å². The summed E-state index contributed by atoms with van der Waals surface area (Å²) in [4.78, 5) is 4.36. The van der Waals surface area contributed by atoms with Crippen LogP contribution in [-0.4, -0.2) is 41.1 Å². The minimum atomic E-state index is -3.65. The third kappa shape index (κ3) is 5.46. The van der Waals surface area contributed by atoms with Crippen LogP contribution in [-0.2, 0) is 29.3 Å². The Hall–Kier alpha value is -2.58. The van der Waals surface area contributed by atoms with Crippen molar-refractivity contribution in [2.24, 2.45) is 10.1 Å². The fourth-order valence-electron chi connectivity index (χ4n) is 3.11. The van der Waals surface area contributed by atoms with Gasteiger partial charge in [0.05, 0.1) is 11.5 Å². The van der Waals surface area contributed by atoms with E-state index in [1.54, 1.807) is 19.2 Å². The highest BCUT2D eigenvalue weighted by Gasteiger charge is 2.11. The minimum absolute atomic E-state index is 0.125. The van der Waals surface area contributed by atoms with E-state index in [2.05, 4.69) is 27.8 Å². The van der Waals surface area contributed by atoms with Crippen LogP contribution in [0.4, 0.5) is 0 Å². The van der Waals surface area contributed by atoms with Crippen molar-refractivity contribution in [1.29, 1.82) is 0 Å². The molecule has 1 aliphatic heterocycles. The zero-order valence-electron chi connectivity index (χ0n) is 15.9. The van der Waals surface area contributed by atoms with Gasteiger partial charge in [-0.15, -0.1) is 0 Å². The molecule has 150 valence electrons. The van der Waals surface area contributed by atoms with E-state index in [1.807, 2.05) is 6.07 Å². The van der Waals surface area contributed by atoms with E-state index in [0.717, 1.165) is 49.7 Å². The first kappa shape index (κ1) is 20.2. The lowest BCUT2D eigenvalue weighted by atomic mass is 10.1. The number of ether oxygens (including phenoxy) is 1. The molecule has 0 aromatic heterocycles. The lowest BCUT2D eigenvalue weighted by Crippen LogP contribution is -2.39. The van der Waals surface area contributed by atoms with Crippen molar-refractivity contribution >= 4 is 16.0 Å². The third-order valence-corrected chi connectivity index (χ3v) is 5.57. The average molecular weight is 403 g/mol. The molecule has 0 atom stereocenters. The summed E-state index contributed by atoms with van der Waals surface area (Å²) < 4.78 is 28.1. The molecule has 0 saturated carbocycles. The normalized spacial score (nSPS) is 13.7. The SMILES string of the molecule is CN=C(NCCc1ccc(S(N)(=O)=O)cc1)NCCc1ccc2c(c1)CCO2. The number of fused-ring (bicyclic) bond motifs is 1. The summed E-state index contributed by atoms with van der Waals surface area (Å²) in [6.45, 7) is 2.24. The zero-order valence-corrected chi connectivity index (χ0v) is 16.8. The highest BCUT2D eigenvalue weighted by molar-refractivity contribution is 7.89. The van der Waals surface area contributed by atoms with Crippen LogP contribution in [0.2, 0.25) is 0 Å². The zero-order chi connectivity index (χ0) is 20.0. The monoisotopic (exact) mass is 402 g/mol. The number of nitrogens with two attached hydrogens (primary N) is 1. The van der Waals surface area contributed by atoms with E-state index < -0.39 is 10.0 Å². The first-order chi connectivity index (χ1) is 13.5. The standard InChI is InChI=1S/C20H26N4O3S/c1-22-20(23-11-8-15-2-5-18(6-3-15)28(21,25)26)24-12-9-16-4-7-19-17(14-16)10-13-27-19/h2-7,14H,8-13H2,1H3,(H2,21,25,26)(H2,22,23,24). The maximum absolute atomic E-state index is 11.3. The smallest absolute Gasteiger partial charge is 0.238 e. The van der Waals surface area contributed by atoms with Gasteiger partial charge in [0.15, 0.2) is 5.96 Å². The Kier molecular flexibility index (Phi) is 6.53. The molecule has 2 aromatic carbocycles. The highest BCUT2D eigenvalue weighted by atomic mass is 32.2. The van der Waals surface area contributed by atoms with Crippen LogP contribution in [0, 0.1) is 0 Å².